The Morgan fingerprint density at radius 2 is 2.06 bits per heavy atom. The molecule has 2 aromatic rings. The van der Waals surface area contributed by atoms with Crippen LogP contribution in [0.5, 0.6) is 0 Å². The first-order valence-corrected chi connectivity index (χ1v) is 6.86. The smallest absolute Gasteiger partial charge is 0.210 e. The molecule has 2 rings (SSSR count). The van der Waals surface area contributed by atoms with Crippen molar-refractivity contribution >= 4 is 26.6 Å². The van der Waals surface area contributed by atoms with E-state index in [9.17, 15) is 8.42 Å². The third-order valence-electron chi connectivity index (χ3n) is 2.35. The molecule has 0 amide bonds. The molecule has 0 saturated carbocycles. The van der Waals surface area contributed by atoms with Crippen molar-refractivity contribution < 1.29 is 8.42 Å². The monoisotopic (exact) mass is 251 g/mol. The second kappa shape index (κ2) is 4.68. The zero-order valence-electron chi connectivity index (χ0n) is 9.13. The molecule has 1 heterocycles. The maximum absolute atomic E-state index is 10.8. The molecule has 5 nitrogen and oxygen atoms in total. The van der Waals surface area contributed by atoms with Gasteiger partial charge in [-0.05, 0) is 24.3 Å². The fourth-order valence-electron chi connectivity index (χ4n) is 1.59. The minimum Gasteiger partial charge on any atom is -0.383 e. The third-order valence-corrected chi connectivity index (χ3v) is 3.12. The topological polar surface area (TPSA) is 85.1 Å². The number of nitrogens with one attached hydrogen (secondary N) is 1. The summed E-state index contributed by atoms with van der Waals surface area (Å²) < 4.78 is 21.6. The molecule has 0 saturated heterocycles. The Labute approximate surface area is 99.7 Å². The number of sulfonamides is 1. The molecule has 0 aliphatic heterocycles. The number of primary sulfonamides is 1. The molecule has 0 bridgehead atoms. The number of benzene rings is 1. The fourth-order valence-corrected chi connectivity index (χ4v) is 1.97. The first-order chi connectivity index (χ1) is 8.06. The number of nitrogens with zero attached hydrogens (tertiary/aromatic N) is 1. The average Bonchev–Trinajstić information content (AvgIpc) is 2.28. The first-order valence-electron chi connectivity index (χ1n) is 5.14. The quantitative estimate of drug-likeness (QED) is 0.846. The molecule has 0 aliphatic rings. The number of fused-ring (bicyclic) bond motifs is 1. The molecule has 0 aliphatic carbocycles. The van der Waals surface area contributed by atoms with Crippen molar-refractivity contribution in [2.75, 3.05) is 17.6 Å². The minimum absolute atomic E-state index is 0.0936. The Morgan fingerprint density at radius 3 is 2.82 bits per heavy atom. The second-order valence-electron chi connectivity index (χ2n) is 3.67. The summed E-state index contributed by atoms with van der Waals surface area (Å²) >= 11 is 0. The van der Waals surface area contributed by atoms with Crippen LogP contribution < -0.4 is 10.5 Å². The Hall–Kier alpha value is -1.66. The zero-order valence-corrected chi connectivity index (χ0v) is 9.94. The van der Waals surface area contributed by atoms with Gasteiger partial charge in [-0.15, -0.1) is 0 Å². The van der Waals surface area contributed by atoms with Gasteiger partial charge in [-0.3, -0.25) is 4.98 Å². The van der Waals surface area contributed by atoms with Crippen LogP contribution >= 0.6 is 0 Å². The van der Waals surface area contributed by atoms with E-state index in [1.54, 1.807) is 6.20 Å². The summed E-state index contributed by atoms with van der Waals surface area (Å²) in [6, 6.07) is 9.43. The molecule has 0 atom stereocenters. The van der Waals surface area contributed by atoms with E-state index in [2.05, 4.69) is 10.3 Å². The van der Waals surface area contributed by atoms with Crippen LogP contribution in [0.1, 0.15) is 0 Å². The van der Waals surface area contributed by atoms with Gasteiger partial charge in [0.1, 0.15) is 0 Å². The highest BCUT2D eigenvalue weighted by atomic mass is 32.2. The van der Waals surface area contributed by atoms with Gasteiger partial charge in [-0.2, -0.15) is 0 Å². The van der Waals surface area contributed by atoms with Crippen molar-refractivity contribution in [1.82, 2.24) is 4.98 Å². The largest absolute Gasteiger partial charge is 0.383 e. The van der Waals surface area contributed by atoms with Crippen molar-refractivity contribution in [2.24, 2.45) is 5.14 Å². The van der Waals surface area contributed by atoms with E-state index in [0.717, 1.165) is 16.6 Å². The Morgan fingerprint density at radius 1 is 1.24 bits per heavy atom. The molecule has 3 N–H and O–H groups in total. The minimum atomic E-state index is -3.43. The normalized spacial score (nSPS) is 11.6. The van der Waals surface area contributed by atoms with Gasteiger partial charge in [0.15, 0.2) is 0 Å². The van der Waals surface area contributed by atoms with Gasteiger partial charge in [0.2, 0.25) is 10.0 Å². The molecular formula is C11H13N3O2S. The fraction of sp³-hybridized carbons (Fsp3) is 0.182. The van der Waals surface area contributed by atoms with E-state index in [4.69, 9.17) is 5.14 Å². The number of rotatable bonds is 4. The van der Waals surface area contributed by atoms with Crippen LogP contribution in [0.15, 0.2) is 36.5 Å². The van der Waals surface area contributed by atoms with E-state index < -0.39 is 10.0 Å². The van der Waals surface area contributed by atoms with E-state index in [1.165, 1.54) is 0 Å². The lowest BCUT2D eigenvalue weighted by atomic mass is 10.2. The molecule has 17 heavy (non-hydrogen) atoms. The summed E-state index contributed by atoms with van der Waals surface area (Å²) in [5, 5.41) is 8.94. The molecule has 0 fully saturated rings. The predicted molar refractivity (Wildman–Crippen MR) is 68.2 cm³/mol. The summed E-state index contributed by atoms with van der Waals surface area (Å²) in [5.41, 5.74) is 1.73. The highest BCUT2D eigenvalue weighted by Crippen LogP contribution is 2.20. The molecule has 0 radical (unpaired) electrons. The van der Waals surface area contributed by atoms with E-state index >= 15 is 0 Å². The maximum Gasteiger partial charge on any atom is 0.210 e. The van der Waals surface area contributed by atoms with Gasteiger partial charge < -0.3 is 5.32 Å². The van der Waals surface area contributed by atoms with Gasteiger partial charge in [0.25, 0.3) is 0 Å². The van der Waals surface area contributed by atoms with Crippen LogP contribution in [-0.2, 0) is 10.0 Å². The van der Waals surface area contributed by atoms with Crippen molar-refractivity contribution in [3.05, 3.63) is 36.5 Å². The van der Waals surface area contributed by atoms with Gasteiger partial charge in [0, 0.05) is 23.8 Å². The van der Waals surface area contributed by atoms with Crippen LogP contribution in [0.3, 0.4) is 0 Å². The molecule has 1 aromatic heterocycles. The lowest BCUT2D eigenvalue weighted by molar-refractivity contribution is 0.598. The SMILES string of the molecule is NS(=O)(=O)CCNc1cccc2ncccc12. The predicted octanol–water partition coefficient (Wildman–Crippen LogP) is 0.935. The number of aromatic nitrogens is 1. The summed E-state index contributed by atoms with van der Waals surface area (Å²) in [6.07, 6.45) is 1.72. The lowest BCUT2D eigenvalue weighted by Gasteiger charge is -2.08. The first kappa shape index (κ1) is 11.8. The Balaban J connectivity index is 2.19. The van der Waals surface area contributed by atoms with E-state index in [1.807, 2.05) is 30.3 Å². The van der Waals surface area contributed by atoms with E-state index in [0.29, 0.717) is 0 Å². The molecular weight excluding hydrogens is 238 g/mol. The lowest BCUT2D eigenvalue weighted by Crippen LogP contribution is -2.22. The highest BCUT2D eigenvalue weighted by Gasteiger charge is 2.04. The van der Waals surface area contributed by atoms with Gasteiger partial charge in [-0.25, -0.2) is 13.6 Å². The van der Waals surface area contributed by atoms with Crippen molar-refractivity contribution in [3.63, 3.8) is 0 Å². The number of anilines is 1. The molecule has 0 unspecified atom stereocenters. The average molecular weight is 251 g/mol. The van der Waals surface area contributed by atoms with Gasteiger partial charge >= 0.3 is 0 Å². The van der Waals surface area contributed by atoms with Crippen molar-refractivity contribution in [2.45, 2.75) is 0 Å². The number of pyridine rings is 1. The van der Waals surface area contributed by atoms with Crippen molar-refractivity contribution in [1.29, 1.82) is 0 Å². The van der Waals surface area contributed by atoms with Crippen molar-refractivity contribution in [3.8, 4) is 0 Å². The van der Waals surface area contributed by atoms with Gasteiger partial charge in [-0.1, -0.05) is 6.07 Å². The standard InChI is InChI=1S/C11H13N3O2S/c12-17(15,16)8-7-14-11-5-1-4-10-9(11)3-2-6-13-10/h1-6,14H,7-8H2,(H2,12,15,16). The number of nitrogens with two attached hydrogens (primary N) is 1. The molecule has 0 spiro atoms. The van der Waals surface area contributed by atoms with Crippen LogP contribution in [0.2, 0.25) is 0 Å². The van der Waals surface area contributed by atoms with Crippen LogP contribution in [0.25, 0.3) is 10.9 Å². The summed E-state index contributed by atoms with van der Waals surface area (Å²) in [6.45, 7) is 0.285. The van der Waals surface area contributed by atoms with Crippen LogP contribution in [-0.4, -0.2) is 25.7 Å². The van der Waals surface area contributed by atoms with Crippen LogP contribution in [0.4, 0.5) is 5.69 Å². The summed E-state index contributed by atoms with van der Waals surface area (Å²) in [7, 11) is -3.43. The Kier molecular flexibility index (Phi) is 3.26. The third kappa shape index (κ3) is 3.15. The molecule has 90 valence electrons. The molecule has 6 heteroatoms. The molecule has 1 aromatic carbocycles. The second-order valence-corrected chi connectivity index (χ2v) is 5.40. The number of hydrogen-bond donors (Lipinski definition) is 2. The number of hydrogen-bond acceptors (Lipinski definition) is 4. The van der Waals surface area contributed by atoms with Gasteiger partial charge in [0.05, 0.1) is 11.3 Å². The zero-order chi connectivity index (χ0) is 12.3. The summed E-state index contributed by atoms with van der Waals surface area (Å²) in [4.78, 5) is 4.22. The highest BCUT2D eigenvalue weighted by molar-refractivity contribution is 7.89. The summed E-state index contributed by atoms with van der Waals surface area (Å²) in [5.74, 6) is -0.0936. The van der Waals surface area contributed by atoms with Crippen LogP contribution in [0, 0.1) is 0 Å². The van der Waals surface area contributed by atoms with E-state index in [-0.39, 0.29) is 12.3 Å². The Bertz CT molecular complexity index is 620. The maximum atomic E-state index is 10.8.